The van der Waals surface area contributed by atoms with Crippen LogP contribution in [-0.4, -0.2) is 55.6 Å². The molecule has 0 saturated carbocycles. The molecule has 0 aliphatic carbocycles. The van der Waals surface area contributed by atoms with Crippen LogP contribution in [0.15, 0.2) is 72.2 Å². The van der Waals surface area contributed by atoms with Crippen LogP contribution in [0.1, 0.15) is 12.5 Å². The van der Waals surface area contributed by atoms with E-state index in [0.29, 0.717) is 17.5 Å². The summed E-state index contributed by atoms with van der Waals surface area (Å²) < 4.78 is 10.7. The van der Waals surface area contributed by atoms with Gasteiger partial charge in [0.05, 0.1) is 19.9 Å². The number of piperazine rings is 1. The van der Waals surface area contributed by atoms with Gasteiger partial charge in [-0.3, -0.25) is 9.69 Å². The largest absolute Gasteiger partial charge is 0.493 e. The van der Waals surface area contributed by atoms with E-state index in [1.165, 1.54) is 0 Å². The van der Waals surface area contributed by atoms with Crippen molar-refractivity contribution >= 4 is 11.5 Å². The number of carbonyl (C=O) groups excluding carboxylic acids is 1. The molecular formula is C24H27N3O3. The molecule has 3 heterocycles. The van der Waals surface area contributed by atoms with Gasteiger partial charge in [-0.15, -0.1) is 0 Å². The first-order valence-electron chi connectivity index (χ1n) is 10.1. The molecule has 3 aliphatic heterocycles. The highest BCUT2D eigenvalue weighted by molar-refractivity contribution is 6.00. The lowest BCUT2D eigenvalue weighted by Crippen LogP contribution is -2.48. The zero-order chi connectivity index (χ0) is 21.1. The van der Waals surface area contributed by atoms with Crippen LogP contribution in [0.3, 0.4) is 0 Å². The predicted molar refractivity (Wildman–Crippen MR) is 118 cm³/mol. The van der Waals surface area contributed by atoms with Gasteiger partial charge in [-0.25, -0.2) is 0 Å². The number of nitrogens with zero attached hydrogens (tertiary/aromatic N) is 2. The fraction of sp³-hybridized carbons (Fsp3) is 0.292. The van der Waals surface area contributed by atoms with Crippen LogP contribution in [-0.2, 0) is 4.79 Å². The number of allylic oxidation sites excluding steroid dienone is 6. The molecule has 1 atom stereocenters. The van der Waals surface area contributed by atoms with E-state index in [-0.39, 0.29) is 5.91 Å². The topological polar surface area (TPSA) is 54.0 Å². The van der Waals surface area contributed by atoms with Crippen LogP contribution in [0.25, 0.3) is 5.57 Å². The molecule has 1 aromatic rings. The summed E-state index contributed by atoms with van der Waals surface area (Å²) in [6.45, 7) is 4.96. The molecule has 6 heteroatoms. The molecule has 1 aromatic carbocycles. The number of hydrogen-bond acceptors (Lipinski definition) is 5. The average molecular weight is 405 g/mol. The molecule has 0 radical (unpaired) electrons. The summed E-state index contributed by atoms with van der Waals surface area (Å²) in [5.41, 5.74) is 3.61. The lowest BCUT2D eigenvalue weighted by molar-refractivity contribution is -0.122. The number of rotatable bonds is 4. The molecule has 156 valence electrons. The average Bonchev–Trinajstić information content (AvgIpc) is 2.76. The SMILES string of the molecule is COc1ccc(C2=C\C(=O)N3C=C(N4CCN[C@H](C)C4)C=C\C3=C/C=C/2)cc1OC. The van der Waals surface area contributed by atoms with Crippen molar-refractivity contribution in [2.45, 2.75) is 13.0 Å². The first kappa shape index (κ1) is 20.0. The maximum absolute atomic E-state index is 13.2. The summed E-state index contributed by atoms with van der Waals surface area (Å²) >= 11 is 0. The lowest BCUT2D eigenvalue weighted by atomic mass is 10.0. The third-order valence-electron chi connectivity index (χ3n) is 5.47. The molecule has 0 bridgehead atoms. The molecule has 3 aliphatic rings. The Balaban J connectivity index is 1.64. The number of nitrogens with one attached hydrogen (secondary N) is 1. The van der Waals surface area contributed by atoms with Gasteiger partial charge in [0.2, 0.25) is 0 Å². The van der Waals surface area contributed by atoms with Crippen LogP contribution in [0.4, 0.5) is 0 Å². The Morgan fingerprint density at radius 2 is 1.87 bits per heavy atom. The van der Waals surface area contributed by atoms with Crippen molar-refractivity contribution in [2.75, 3.05) is 33.9 Å². The molecule has 1 amide bonds. The molecule has 1 N–H and O–H groups in total. The third-order valence-corrected chi connectivity index (χ3v) is 5.47. The number of carbonyl (C=O) groups is 1. The van der Waals surface area contributed by atoms with Gasteiger partial charge in [-0.1, -0.05) is 18.2 Å². The fourth-order valence-electron chi connectivity index (χ4n) is 3.88. The van der Waals surface area contributed by atoms with Crippen molar-refractivity contribution in [2.24, 2.45) is 0 Å². The minimum Gasteiger partial charge on any atom is -0.493 e. The normalized spacial score (nSPS) is 25.8. The summed E-state index contributed by atoms with van der Waals surface area (Å²) in [5.74, 6) is 1.20. The van der Waals surface area contributed by atoms with Gasteiger partial charge in [-0.2, -0.15) is 0 Å². The van der Waals surface area contributed by atoms with Crippen molar-refractivity contribution in [3.8, 4) is 11.5 Å². The maximum Gasteiger partial charge on any atom is 0.255 e. The molecular weight excluding hydrogens is 378 g/mol. The second-order valence-electron chi connectivity index (χ2n) is 7.52. The summed E-state index contributed by atoms with van der Waals surface area (Å²) in [4.78, 5) is 17.2. The van der Waals surface area contributed by atoms with E-state index in [2.05, 4.69) is 23.2 Å². The lowest BCUT2D eigenvalue weighted by Gasteiger charge is -2.36. The standard InChI is InChI=1S/C24H27N3O3/c1-17-15-26(12-11-25-17)21-9-8-20-6-4-5-18(14-24(28)27(20)16-21)19-7-10-22(29-2)23(13-19)30-3/h4-10,13-14,16-17,25H,11-12,15H2,1-3H3/b5-4+,18-14+,20-6+/t17-/m1/s1. The molecule has 4 rings (SSSR count). The quantitative estimate of drug-likeness (QED) is 0.834. The van der Waals surface area contributed by atoms with E-state index in [9.17, 15) is 4.79 Å². The first-order valence-corrected chi connectivity index (χ1v) is 10.1. The zero-order valence-electron chi connectivity index (χ0n) is 17.6. The molecule has 0 spiro atoms. The van der Waals surface area contributed by atoms with Crippen molar-refractivity contribution < 1.29 is 14.3 Å². The van der Waals surface area contributed by atoms with E-state index in [4.69, 9.17) is 9.47 Å². The van der Waals surface area contributed by atoms with Gasteiger partial charge in [-0.05, 0) is 48.4 Å². The Bertz CT molecular complexity index is 987. The Morgan fingerprint density at radius 3 is 2.63 bits per heavy atom. The monoisotopic (exact) mass is 405 g/mol. The number of fused-ring (bicyclic) bond motifs is 1. The minimum absolute atomic E-state index is 0.0829. The molecule has 0 aromatic heterocycles. The van der Waals surface area contributed by atoms with Crippen LogP contribution < -0.4 is 14.8 Å². The Hall–Kier alpha value is -3.25. The van der Waals surface area contributed by atoms with Crippen molar-refractivity contribution in [3.63, 3.8) is 0 Å². The zero-order valence-corrected chi connectivity index (χ0v) is 17.6. The Labute approximate surface area is 177 Å². The second-order valence-corrected chi connectivity index (χ2v) is 7.52. The van der Waals surface area contributed by atoms with E-state index in [1.54, 1.807) is 25.2 Å². The van der Waals surface area contributed by atoms with E-state index in [1.807, 2.05) is 48.7 Å². The highest BCUT2D eigenvalue weighted by atomic mass is 16.5. The van der Waals surface area contributed by atoms with Gasteiger partial charge >= 0.3 is 0 Å². The fourth-order valence-corrected chi connectivity index (χ4v) is 3.88. The maximum atomic E-state index is 13.2. The van der Waals surface area contributed by atoms with Crippen LogP contribution >= 0.6 is 0 Å². The highest BCUT2D eigenvalue weighted by Gasteiger charge is 2.23. The smallest absolute Gasteiger partial charge is 0.255 e. The van der Waals surface area contributed by atoms with Gasteiger partial charge in [0, 0.05) is 43.6 Å². The summed E-state index contributed by atoms with van der Waals surface area (Å²) in [5, 5.41) is 3.45. The molecule has 1 saturated heterocycles. The van der Waals surface area contributed by atoms with Gasteiger partial charge in [0.25, 0.3) is 5.91 Å². The Morgan fingerprint density at radius 1 is 1.07 bits per heavy atom. The van der Waals surface area contributed by atoms with Crippen LogP contribution in [0.2, 0.25) is 0 Å². The van der Waals surface area contributed by atoms with Crippen LogP contribution in [0, 0.1) is 0 Å². The van der Waals surface area contributed by atoms with E-state index < -0.39 is 0 Å². The van der Waals surface area contributed by atoms with Gasteiger partial charge in [0.15, 0.2) is 11.5 Å². The first-order chi connectivity index (χ1) is 14.6. The third kappa shape index (κ3) is 4.04. The summed E-state index contributed by atoms with van der Waals surface area (Å²) in [6.07, 6.45) is 13.5. The molecule has 30 heavy (non-hydrogen) atoms. The highest BCUT2D eigenvalue weighted by Crippen LogP contribution is 2.32. The Kier molecular flexibility index (Phi) is 5.77. The van der Waals surface area contributed by atoms with E-state index >= 15 is 0 Å². The minimum atomic E-state index is -0.0829. The molecule has 6 nitrogen and oxygen atoms in total. The van der Waals surface area contributed by atoms with Gasteiger partial charge < -0.3 is 19.7 Å². The van der Waals surface area contributed by atoms with Crippen molar-refractivity contribution in [3.05, 3.63) is 77.8 Å². The summed E-state index contributed by atoms with van der Waals surface area (Å²) in [7, 11) is 3.21. The number of methoxy groups -OCH3 is 2. The van der Waals surface area contributed by atoms with E-state index in [0.717, 1.165) is 42.2 Å². The number of amides is 1. The number of hydrogen-bond donors (Lipinski definition) is 1. The number of ether oxygens (including phenoxy) is 2. The summed E-state index contributed by atoms with van der Waals surface area (Å²) in [6, 6.07) is 6.08. The van der Waals surface area contributed by atoms with Gasteiger partial charge in [0.1, 0.15) is 0 Å². The second kappa shape index (κ2) is 8.63. The van der Waals surface area contributed by atoms with Crippen LogP contribution in [0.5, 0.6) is 11.5 Å². The van der Waals surface area contributed by atoms with Crippen molar-refractivity contribution in [1.29, 1.82) is 0 Å². The van der Waals surface area contributed by atoms with Crippen molar-refractivity contribution in [1.82, 2.24) is 15.1 Å². The number of benzene rings is 1. The molecule has 0 unspecified atom stereocenters. The predicted octanol–water partition coefficient (Wildman–Crippen LogP) is 3.07. The molecule has 1 fully saturated rings.